The standard InChI is InChI=1S/C16H19N5O2/c22-16(12-2-3-12)20-10-6-13(7-11-20)23-15-5-4-14(18-19-15)21-9-1-8-17-21/h1,4-5,8-9,12-13H,2-3,6-7,10-11H2. The molecule has 7 heteroatoms. The normalized spacial score (nSPS) is 18.9. The number of nitrogens with zero attached hydrogens (tertiary/aromatic N) is 5. The second kappa shape index (κ2) is 5.98. The summed E-state index contributed by atoms with van der Waals surface area (Å²) in [6.07, 6.45) is 7.44. The summed E-state index contributed by atoms with van der Waals surface area (Å²) in [5.74, 6) is 1.81. The van der Waals surface area contributed by atoms with Crippen molar-refractivity contribution in [2.24, 2.45) is 5.92 Å². The van der Waals surface area contributed by atoms with Crippen molar-refractivity contribution in [3.63, 3.8) is 0 Å². The smallest absolute Gasteiger partial charge is 0.233 e. The maximum absolute atomic E-state index is 12.0. The summed E-state index contributed by atoms with van der Waals surface area (Å²) < 4.78 is 7.54. The van der Waals surface area contributed by atoms with Crippen LogP contribution in [0.2, 0.25) is 0 Å². The lowest BCUT2D eigenvalue weighted by atomic mass is 10.1. The molecule has 0 N–H and O–H groups in total. The third kappa shape index (κ3) is 3.18. The van der Waals surface area contributed by atoms with Crippen molar-refractivity contribution in [3.8, 4) is 11.7 Å². The van der Waals surface area contributed by atoms with Gasteiger partial charge in [-0.2, -0.15) is 5.10 Å². The number of aromatic nitrogens is 4. The second-order valence-corrected chi connectivity index (χ2v) is 6.10. The van der Waals surface area contributed by atoms with E-state index in [4.69, 9.17) is 4.74 Å². The summed E-state index contributed by atoms with van der Waals surface area (Å²) in [5, 5.41) is 12.3. The lowest BCUT2D eigenvalue weighted by molar-refractivity contribution is -0.134. The van der Waals surface area contributed by atoms with E-state index >= 15 is 0 Å². The van der Waals surface area contributed by atoms with Gasteiger partial charge in [0.15, 0.2) is 5.82 Å². The van der Waals surface area contributed by atoms with Crippen molar-refractivity contribution < 1.29 is 9.53 Å². The molecule has 0 aromatic carbocycles. The molecule has 0 spiro atoms. The number of ether oxygens (including phenoxy) is 1. The summed E-state index contributed by atoms with van der Waals surface area (Å²) in [4.78, 5) is 14.0. The molecule has 2 fully saturated rings. The summed E-state index contributed by atoms with van der Waals surface area (Å²) in [6.45, 7) is 1.55. The van der Waals surface area contributed by atoms with Crippen molar-refractivity contribution in [3.05, 3.63) is 30.6 Å². The molecule has 1 saturated carbocycles. The molecule has 0 unspecified atom stereocenters. The van der Waals surface area contributed by atoms with Crippen molar-refractivity contribution in [2.45, 2.75) is 31.8 Å². The molecule has 0 atom stereocenters. The lowest BCUT2D eigenvalue weighted by Crippen LogP contribution is -2.42. The van der Waals surface area contributed by atoms with Crippen LogP contribution in [0.3, 0.4) is 0 Å². The van der Waals surface area contributed by atoms with E-state index in [9.17, 15) is 4.79 Å². The second-order valence-electron chi connectivity index (χ2n) is 6.10. The predicted molar refractivity (Wildman–Crippen MR) is 82.1 cm³/mol. The van der Waals surface area contributed by atoms with E-state index in [1.807, 2.05) is 29.3 Å². The van der Waals surface area contributed by atoms with E-state index in [1.165, 1.54) is 0 Å². The van der Waals surface area contributed by atoms with E-state index in [1.54, 1.807) is 10.9 Å². The first kappa shape index (κ1) is 14.2. The topological polar surface area (TPSA) is 73.1 Å². The van der Waals surface area contributed by atoms with Crippen LogP contribution < -0.4 is 4.74 Å². The minimum absolute atomic E-state index is 0.100. The molecule has 3 heterocycles. The quantitative estimate of drug-likeness (QED) is 0.854. The highest BCUT2D eigenvalue weighted by molar-refractivity contribution is 5.81. The van der Waals surface area contributed by atoms with Gasteiger partial charge in [0.05, 0.1) is 0 Å². The highest BCUT2D eigenvalue weighted by atomic mass is 16.5. The van der Waals surface area contributed by atoms with E-state index < -0.39 is 0 Å². The van der Waals surface area contributed by atoms with E-state index in [2.05, 4.69) is 15.3 Å². The number of rotatable bonds is 4. The lowest BCUT2D eigenvalue weighted by Gasteiger charge is -2.32. The Kier molecular flexibility index (Phi) is 3.69. The van der Waals surface area contributed by atoms with Crippen LogP contribution in [-0.4, -0.2) is 50.0 Å². The fraction of sp³-hybridized carbons (Fsp3) is 0.500. The van der Waals surface area contributed by atoms with Gasteiger partial charge in [0.25, 0.3) is 0 Å². The molecule has 23 heavy (non-hydrogen) atoms. The first-order valence-electron chi connectivity index (χ1n) is 8.09. The van der Waals surface area contributed by atoms with Gasteiger partial charge in [0.1, 0.15) is 6.10 Å². The summed E-state index contributed by atoms with van der Waals surface area (Å²) >= 11 is 0. The molecular formula is C16H19N5O2. The van der Waals surface area contributed by atoms with Crippen molar-refractivity contribution in [1.29, 1.82) is 0 Å². The Morgan fingerprint density at radius 3 is 2.57 bits per heavy atom. The third-order valence-electron chi connectivity index (χ3n) is 4.33. The van der Waals surface area contributed by atoms with Crippen molar-refractivity contribution in [2.75, 3.05) is 13.1 Å². The predicted octanol–water partition coefficient (Wildman–Crippen LogP) is 1.44. The number of carbonyl (C=O) groups is 1. The maximum Gasteiger partial charge on any atom is 0.233 e. The van der Waals surface area contributed by atoms with Gasteiger partial charge in [-0.05, 0) is 25.0 Å². The van der Waals surface area contributed by atoms with Crippen molar-refractivity contribution in [1.82, 2.24) is 24.9 Å². The average molecular weight is 313 g/mol. The number of carbonyl (C=O) groups excluding carboxylic acids is 1. The SMILES string of the molecule is O=C(C1CC1)N1CCC(Oc2ccc(-n3cccn3)nn2)CC1. The first-order chi connectivity index (χ1) is 11.3. The number of likely N-dealkylation sites (tertiary alicyclic amines) is 1. The summed E-state index contributed by atoms with van der Waals surface area (Å²) in [6, 6.07) is 5.48. The van der Waals surface area contributed by atoms with Gasteiger partial charge in [0.2, 0.25) is 11.8 Å². The fourth-order valence-corrected chi connectivity index (χ4v) is 2.86. The van der Waals surface area contributed by atoms with Crippen LogP contribution in [0.25, 0.3) is 5.82 Å². The van der Waals surface area contributed by atoms with Gasteiger partial charge < -0.3 is 9.64 Å². The Morgan fingerprint density at radius 2 is 1.96 bits per heavy atom. The number of hydrogen-bond donors (Lipinski definition) is 0. The zero-order valence-electron chi connectivity index (χ0n) is 12.8. The largest absolute Gasteiger partial charge is 0.473 e. The summed E-state index contributed by atoms with van der Waals surface area (Å²) in [7, 11) is 0. The van der Waals surface area contributed by atoms with Crippen LogP contribution in [0, 0.1) is 5.92 Å². The van der Waals surface area contributed by atoms with Crippen LogP contribution in [0.5, 0.6) is 5.88 Å². The van der Waals surface area contributed by atoms with Gasteiger partial charge in [-0.1, -0.05) is 0 Å². The minimum atomic E-state index is 0.100. The Labute approximate surface area is 134 Å². The zero-order chi connectivity index (χ0) is 15.6. The molecule has 0 radical (unpaired) electrons. The summed E-state index contributed by atoms with van der Waals surface area (Å²) in [5.41, 5.74) is 0. The molecule has 1 aliphatic carbocycles. The van der Waals surface area contributed by atoms with Gasteiger partial charge >= 0.3 is 0 Å². The van der Waals surface area contributed by atoms with Gasteiger partial charge in [-0.25, -0.2) is 4.68 Å². The van der Waals surface area contributed by atoms with Gasteiger partial charge in [0, 0.05) is 50.3 Å². The average Bonchev–Trinajstić information content (AvgIpc) is 3.30. The Hall–Kier alpha value is -2.44. The number of hydrogen-bond acceptors (Lipinski definition) is 5. The molecule has 1 amide bonds. The molecule has 2 aliphatic rings. The molecular weight excluding hydrogens is 294 g/mol. The Balaban J connectivity index is 1.31. The van der Waals surface area contributed by atoms with E-state index in [0.29, 0.717) is 23.5 Å². The molecule has 4 rings (SSSR count). The molecule has 1 aliphatic heterocycles. The molecule has 2 aromatic heterocycles. The molecule has 2 aromatic rings. The Morgan fingerprint density at radius 1 is 1.13 bits per heavy atom. The number of amides is 1. The third-order valence-corrected chi connectivity index (χ3v) is 4.33. The maximum atomic E-state index is 12.0. The number of piperidine rings is 1. The van der Waals surface area contributed by atoms with Crippen LogP contribution in [0.4, 0.5) is 0 Å². The van der Waals surface area contributed by atoms with Crippen LogP contribution in [-0.2, 0) is 4.79 Å². The van der Waals surface area contributed by atoms with Gasteiger partial charge in [-0.15, -0.1) is 10.2 Å². The van der Waals surface area contributed by atoms with Gasteiger partial charge in [-0.3, -0.25) is 4.79 Å². The van der Waals surface area contributed by atoms with Crippen LogP contribution in [0.1, 0.15) is 25.7 Å². The molecule has 7 nitrogen and oxygen atoms in total. The monoisotopic (exact) mass is 313 g/mol. The first-order valence-corrected chi connectivity index (χ1v) is 8.09. The van der Waals surface area contributed by atoms with E-state index in [-0.39, 0.29) is 6.10 Å². The molecule has 120 valence electrons. The zero-order valence-corrected chi connectivity index (χ0v) is 12.8. The molecule has 0 bridgehead atoms. The van der Waals surface area contributed by atoms with Crippen molar-refractivity contribution >= 4 is 5.91 Å². The Bertz CT molecular complexity index is 658. The molecule has 1 saturated heterocycles. The highest BCUT2D eigenvalue weighted by Crippen LogP contribution is 2.32. The van der Waals surface area contributed by atoms with Crippen LogP contribution >= 0.6 is 0 Å². The fourth-order valence-electron chi connectivity index (χ4n) is 2.86. The van der Waals surface area contributed by atoms with E-state index in [0.717, 1.165) is 38.8 Å². The highest BCUT2D eigenvalue weighted by Gasteiger charge is 2.35. The minimum Gasteiger partial charge on any atom is -0.473 e. The van der Waals surface area contributed by atoms with Crippen LogP contribution in [0.15, 0.2) is 30.6 Å².